The first kappa shape index (κ1) is 29.2. The van der Waals surface area contributed by atoms with E-state index in [1.807, 2.05) is 36.4 Å². The number of hydrogen-bond donors (Lipinski definition) is 2. The van der Waals surface area contributed by atoms with Crippen LogP contribution >= 0.6 is 36.4 Å². The van der Waals surface area contributed by atoms with Gasteiger partial charge in [-0.25, -0.2) is 9.97 Å². The summed E-state index contributed by atoms with van der Waals surface area (Å²) >= 11 is 5.98. The fourth-order valence-corrected chi connectivity index (χ4v) is 3.52. The van der Waals surface area contributed by atoms with Crippen LogP contribution in [0.5, 0.6) is 0 Å². The fraction of sp³-hybridized carbons (Fsp3) is 0.385. The molecule has 0 saturated carbocycles. The number of nitrogens with zero attached hydrogens (tertiary/aromatic N) is 2. The molecule has 33 heavy (non-hydrogen) atoms. The van der Waals surface area contributed by atoms with E-state index in [0.29, 0.717) is 5.82 Å². The maximum atomic E-state index is 5.98. The summed E-state index contributed by atoms with van der Waals surface area (Å²) < 4.78 is 0. The molecule has 0 saturated heterocycles. The van der Waals surface area contributed by atoms with E-state index in [1.165, 1.54) is 18.4 Å². The highest BCUT2D eigenvalue weighted by Crippen LogP contribution is 2.29. The second kappa shape index (κ2) is 13.8. The highest BCUT2D eigenvalue weighted by atomic mass is 35.5. The molecular formula is C26H35Cl3N4. The van der Waals surface area contributed by atoms with E-state index in [1.54, 1.807) is 0 Å². The molecule has 0 aliphatic carbocycles. The maximum Gasteiger partial charge on any atom is 0.154 e. The number of rotatable bonds is 9. The predicted molar refractivity (Wildman–Crippen MR) is 149 cm³/mol. The summed E-state index contributed by atoms with van der Waals surface area (Å²) in [7, 11) is 0. The molecule has 7 heteroatoms. The SMILES string of the molecule is CC(C)(C)c1ccc2nc(C=Cc3ccc(Cl)cc3)nc(NCCCCCCN)c2c1.Cl.Cl. The largest absolute Gasteiger partial charge is 0.369 e. The Bertz CT molecular complexity index is 1030. The maximum absolute atomic E-state index is 5.98. The van der Waals surface area contributed by atoms with Gasteiger partial charge in [0.2, 0.25) is 0 Å². The van der Waals surface area contributed by atoms with E-state index < -0.39 is 0 Å². The molecule has 0 amide bonds. The van der Waals surface area contributed by atoms with E-state index in [-0.39, 0.29) is 30.2 Å². The molecule has 0 unspecified atom stereocenters. The number of halogens is 3. The van der Waals surface area contributed by atoms with Crippen molar-refractivity contribution in [2.75, 3.05) is 18.4 Å². The number of benzene rings is 2. The van der Waals surface area contributed by atoms with Gasteiger partial charge < -0.3 is 11.1 Å². The van der Waals surface area contributed by atoms with Crippen molar-refractivity contribution < 1.29 is 0 Å². The average molecular weight is 510 g/mol. The van der Waals surface area contributed by atoms with Crippen molar-refractivity contribution >= 4 is 65.3 Å². The van der Waals surface area contributed by atoms with Crippen LogP contribution < -0.4 is 11.1 Å². The lowest BCUT2D eigenvalue weighted by Gasteiger charge is -2.20. The topological polar surface area (TPSA) is 63.8 Å². The molecule has 3 rings (SSSR count). The smallest absolute Gasteiger partial charge is 0.154 e. The van der Waals surface area contributed by atoms with Gasteiger partial charge in [-0.05, 0) is 66.3 Å². The van der Waals surface area contributed by atoms with Crippen LogP contribution in [0.2, 0.25) is 5.02 Å². The van der Waals surface area contributed by atoms with Crippen molar-refractivity contribution in [3.8, 4) is 0 Å². The molecule has 0 aliphatic heterocycles. The molecule has 2 aromatic carbocycles. The monoisotopic (exact) mass is 508 g/mol. The van der Waals surface area contributed by atoms with Crippen LogP contribution in [0.25, 0.3) is 23.1 Å². The average Bonchev–Trinajstić information content (AvgIpc) is 2.74. The second-order valence-electron chi connectivity index (χ2n) is 8.93. The van der Waals surface area contributed by atoms with Crippen molar-refractivity contribution in [1.29, 1.82) is 0 Å². The minimum Gasteiger partial charge on any atom is -0.369 e. The quantitative estimate of drug-likeness (QED) is 0.293. The lowest BCUT2D eigenvalue weighted by atomic mass is 9.86. The summed E-state index contributed by atoms with van der Waals surface area (Å²) in [5.41, 5.74) is 8.95. The third kappa shape index (κ3) is 8.78. The Morgan fingerprint density at radius 3 is 2.27 bits per heavy atom. The van der Waals surface area contributed by atoms with E-state index >= 15 is 0 Å². The van der Waals surface area contributed by atoms with E-state index in [4.69, 9.17) is 27.3 Å². The molecule has 3 N–H and O–H groups in total. The Balaban J connectivity index is 0.00000272. The van der Waals surface area contributed by atoms with Crippen LogP contribution in [0.4, 0.5) is 5.82 Å². The predicted octanol–water partition coefficient (Wildman–Crippen LogP) is 7.53. The molecule has 4 nitrogen and oxygen atoms in total. The summed E-state index contributed by atoms with van der Waals surface area (Å²) in [4.78, 5) is 9.62. The van der Waals surface area contributed by atoms with Crippen LogP contribution in [-0.2, 0) is 5.41 Å². The standard InChI is InChI=1S/C26H33ClN4.2ClH/c1-26(2,3)20-11-14-23-22(18-20)25(29-17-7-5-4-6-16-28)31-24(30-23)15-10-19-8-12-21(27)13-9-19;;/h8-15,18H,4-7,16-17,28H2,1-3H3,(H,29,30,31);2*1H. The van der Waals surface area contributed by atoms with Gasteiger partial charge >= 0.3 is 0 Å². The van der Waals surface area contributed by atoms with Gasteiger partial charge in [-0.2, -0.15) is 0 Å². The fourth-order valence-electron chi connectivity index (χ4n) is 3.40. The van der Waals surface area contributed by atoms with Crippen LogP contribution in [0.3, 0.4) is 0 Å². The summed E-state index contributed by atoms with van der Waals surface area (Å²) in [6, 6.07) is 14.2. The number of nitrogens with two attached hydrogens (primary N) is 1. The van der Waals surface area contributed by atoms with Crippen LogP contribution in [0.15, 0.2) is 42.5 Å². The minimum absolute atomic E-state index is 0. The molecule has 0 bridgehead atoms. The molecule has 1 aromatic heterocycles. The van der Waals surface area contributed by atoms with Gasteiger partial charge in [-0.15, -0.1) is 24.8 Å². The summed E-state index contributed by atoms with van der Waals surface area (Å²) in [5.74, 6) is 1.59. The first-order chi connectivity index (χ1) is 14.9. The van der Waals surface area contributed by atoms with Crippen molar-refractivity contribution in [2.45, 2.75) is 51.9 Å². The Kier molecular flexibility index (Phi) is 12.2. The van der Waals surface area contributed by atoms with Gasteiger partial charge in [0.05, 0.1) is 5.52 Å². The number of unbranched alkanes of at least 4 members (excludes halogenated alkanes) is 3. The third-order valence-electron chi connectivity index (χ3n) is 5.30. The summed E-state index contributed by atoms with van der Waals surface area (Å²) in [5, 5.41) is 5.35. The Hall–Kier alpha value is -1.85. The van der Waals surface area contributed by atoms with Crippen LogP contribution in [0, 0.1) is 0 Å². The molecule has 1 heterocycles. The van der Waals surface area contributed by atoms with Gasteiger partial charge in [0.25, 0.3) is 0 Å². The number of anilines is 1. The Morgan fingerprint density at radius 1 is 0.909 bits per heavy atom. The van der Waals surface area contributed by atoms with Gasteiger partial charge in [0.1, 0.15) is 5.82 Å². The molecule has 0 fully saturated rings. The zero-order chi connectivity index (χ0) is 22.3. The molecule has 0 aliphatic rings. The van der Waals surface area contributed by atoms with Gasteiger partial charge in [-0.1, -0.05) is 69.5 Å². The molecular weight excluding hydrogens is 475 g/mol. The van der Waals surface area contributed by atoms with E-state index in [0.717, 1.165) is 53.2 Å². The lowest BCUT2D eigenvalue weighted by molar-refractivity contribution is 0.591. The Morgan fingerprint density at radius 2 is 1.61 bits per heavy atom. The number of aromatic nitrogens is 2. The zero-order valence-electron chi connectivity index (χ0n) is 19.6. The first-order valence-electron chi connectivity index (χ1n) is 11.1. The normalized spacial score (nSPS) is 11.3. The summed E-state index contributed by atoms with van der Waals surface area (Å²) in [6.07, 6.45) is 8.49. The molecule has 0 atom stereocenters. The van der Waals surface area contributed by atoms with Gasteiger partial charge in [0.15, 0.2) is 5.82 Å². The van der Waals surface area contributed by atoms with Crippen molar-refractivity contribution in [3.63, 3.8) is 0 Å². The zero-order valence-corrected chi connectivity index (χ0v) is 22.0. The Labute approximate surface area is 215 Å². The molecule has 0 spiro atoms. The summed E-state index contributed by atoms with van der Waals surface area (Å²) in [6.45, 7) is 8.33. The van der Waals surface area contributed by atoms with Gasteiger partial charge in [0, 0.05) is 17.0 Å². The minimum atomic E-state index is 0. The van der Waals surface area contributed by atoms with Crippen LogP contribution in [-0.4, -0.2) is 23.1 Å². The van der Waals surface area contributed by atoms with Gasteiger partial charge in [-0.3, -0.25) is 0 Å². The number of nitrogens with one attached hydrogen (secondary N) is 1. The van der Waals surface area contributed by atoms with E-state index in [9.17, 15) is 0 Å². The van der Waals surface area contributed by atoms with E-state index in [2.05, 4.69) is 44.3 Å². The lowest BCUT2D eigenvalue weighted by Crippen LogP contribution is -2.12. The first-order valence-corrected chi connectivity index (χ1v) is 11.4. The molecule has 0 radical (unpaired) electrons. The van der Waals surface area contributed by atoms with Crippen molar-refractivity contribution in [1.82, 2.24) is 9.97 Å². The van der Waals surface area contributed by atoms with Crippen molar-refractivity contribution in [3.05, 3.63) is 64.4 Å². The molecule has 3 aromatic rings. The van der Waals surface area contributed by atoms with Crippen LogP contribution in [0.1, 0.15) is 63.4 Å². The highest BCUT2D eigenvalue weighted by molar-refractivity contribution is 6.30. The number of hydrogen-bond acceptors (Lipinski definition) is 4. The number of fused-ring (bicyclic) bond motifs is 1. The highest BCUT2D eigenvalue weighted by Gasteiger charge is 2.16. The molecule has 180 valence electrons. The van der Waals surface area contributed by atoms with Crippen molar-refractivity contribution in [2.24, 2.45) is 5.73 Å². The third-order valence-corrected chi connectivity index (χ3v) is 5.55. The second-order valence-corrected chi connectivity index (χ2v) is 9.36.